The lowest BCUT2D eigenvalue weighted by Gasteiger charge is -2.34. The fraction of sp³-hybridized carbons (Fsp3) is 0.905. The van der Waals surface area contributed by atoms with Crippen LogP contribution in [-0.2, 0) is 14.3 Å². The van der Waals surface area contributed by atoms with Crippen LogP contribution in [0.3, 0.4) is 0 Å². The summed E-state index contributed by atoms with van der Waals surface area (Å²) < 4.78 is 11.3. The van der Waals surface area contributed by atoms with Gasteiger partial charge in [-0.1, -0.05) is 13.8 Å². The van der Waals surface area contributed by atoms with Crippen molar-refractivity contribution >= 4 is 11.9 Å². The van der Waals surface area contributed by atoms with Crippen molar-refractivity contribution in [1.82, 2.24) is 15.5 Å². The van der Waals surface area contributed by atoms with E-state index in [1.807, 2.05) is 4.90 Å². The van der Waals surface area contributed by atoms with Crippen molar-refractivity contribution in [1.29, 1.82) is 0 Å². The molecule has 0 spiro atoms. The Morgan fingerprint density at radius 1 is 1.18 bits per heavy atom. The van der Waals surface area contributed by atoms with Gasteiger partial charge in [0.1, 0.15) is 0 Å². The Kier molecular flexibility index (Phi) is 10.6. The van der Waals surface area contributed by atoms with E-state index >= 15 is 0 Å². The Bertz CT molecular complexity index is 468. The van der Waals surface area contributed by atoms with Crippen LogP contribution in [0.2, 0.25) is 0 Å². The number of piperidine rings is 1. The van der Waals surface area contributed by atoms with Crippen LogP contribution in [0.15, 0.2) is 4.99 Å². The van der Waals surface area contributed by atoms with Crippen LogP contribution >= 0.6 is 0 Å². The van der Waals surface area contributed by atoms with Gasteiger partial charge in [0.05, 0.1) is 6.10 Å². The third-order valence-electron chi connectivity index (χ3n) is 5.84. The van der Waals surface area contributed by atoms with Crippen LogP contribution in [0.1, 0.15) is 58.8 Å². The van der Waals surface area contributed by atoms with Gasteiger partial charge < -0.3 is 25.0 Å². The number of nitrogens with one attached hydrogen (secondary N) is 2. The van der Waals surface area contributed by atoms with Crippen molar-refractivity contribution < 1.29 is 14.3 Å². The topological polar surface area (TPSA) is 75.2 Å². The molecular formula is C21H40N4O3. The molecular weight excluding hydrogens is 356 g/mol. The van der Waals surface area contributed by atoms with Crippen LogP contribution < -0.4 is 10.6 Å². The second-order valence-electron chi connectivity index (χ2n) is 7.79. The molecule has 162 valence electrons. The van der Waals surface area contributed by atoms with Gasteiger partial charge >= 0.3 is 0 Å². The van der Waals surface area contributed by atoms with Crippen molar-refractivity contribution in [3.63, 3.8) is 0 Å². The fourth-order valence-electron chi connectivity index (χ4n) is 3.90. The summed E-state index contributed by atoms with van der Waals surface area (Å²) in [7, 11) is 1.81. The van der Waals surface area contributed by atoms with Gasteiger partial charge in [-0.3, -0.25) is 9.79 Å². The highest BCUT2D eigenvalue weighted by Gasteiger charge is 2.26. The number of amides is 1. The van der Waals surface area contributed by atoms with Crippen LogP contribution in [0.5, 0.6) is 0 Å². The van der Waals surface area contributed by atoms with Crippen LogP contribution in [-0.4, -0.2) is 75.4 Å². The lowest BCUT2D eigenvalue weighted by Crippen LogP contribution is -2.50. The summed E-state index contributed by atoms with van der Waals surface area (Å²) in [4.78, 5) is 18.9. The van der Waals surface area contributed by atoms with Gasteiger partial charge in [0.2, 0.25) is 5.91 Å². The molecule has 2 heterocycles. The Hall–Kier alpha value is -1.34. The van der Waals surface area contributed by atoms with Crippen molar-refractivity contribution in [2.45, 2.75) is 70.9 Å². The zero-order valence-corrected chi connectivity index (χ0v) is 18.0. The molecule has 7 heteroatoms. The molecule has 28 heavy (non-hydrogen) atoms. The molecule has 0 aromatic rings. The zero-order valence-electron chi connectivity index (χ0n) is 18.0. The molecule has 2 rings (SSSR count). The molecule has 2 N–H and O–H groups in total. The minimum Gasteiger partial charge on any atom is -0.381 e. The summed E-state index contributed by atoms with van der Waals surface area (Å²) in [6, 6.07) is 0.371. The Balaban J connectivity index is 1.59. The normalized spacial score (nSPS) is 19.9. The van der Waals surface area contributed by atoms with Crippen molar-refractivity contribution in [3.05, 3.63) is 0 Å². The quantitative estimate of drug-likeness (QED) is 0.355. The summed E-state index contributed by atoms with van der Waals surface area (Å²) >= 11 is 0. The maximum atomic E-state index is 12.5. The van der Waals surface area contributed by atoms with Crippen LogP contribution in [0, 0.1) is 5.92 Å². The first kappa shape index (κ1) is 22.9. The first-order valence-corrected chi connectivity index (χ1v) is 11.1. The number of carbonyl (C=O) groups is 1. The number of rotatable bonds is 9. The van der Waals surface area contributed by atoms with E-state index in [1.165, 1.54) is 0 Å². The molecule has 0 aromatic heterocycles. The molecule has 2 aliphatic rings. The molecule has 2 aliphatic heterocycles. The minimum atomic E-state index is 0.183. The Labute approximate surface area is 170 Å². The second-order valence-corrected chi connectivity index (χ2v) is 7.79. The van der Waals surface area contributed by atoms with Gasteiger partial charge in [-0.05, 0) is 44.9 Å². The van der Waals surface area contributed by atoms with E-state index in [0.717, 1.165) is 90.4 Å². The van der Waals surface area contributed by atoms with Gasteiger partial charge in [0.25, 0.3) is 0 Å². The third kappa shape index (κ3) is 7.59. The summed E-state index contributed by atoms with van der Waals surface area (Å²) in [6.45, 7) is 9.13. The predicted octanol–water partition coefficient (Wildman–Crippen LogP) is 2.16. The monoisotopic (exact) mass is 396 g/mol. The first-order valence-electron chi connectivity index (χ1n) is 11.1. The molecule has 0 unspecified atom stereocenters. The van der Waals surface area contributed by atoms with Crippen LogP contribution in [0.25, 0.3) is 0 Å². The van der Waals surface area contributed by atoms with Gasteiger partial charge in [-0.2, -0.15) is 0 Å². The van der Waals surface area contributed by atoms with Gasteiger partial charge in [0, 0.05) is 58.5 Å². The van der Waals surface area contributed by atoms with Crippen molar-refractivity contribution in [2.24, 2.45) is 10.9 Å². The average molecular weight is 397 g/mol. The summed E-state index contributed by atoms with van der Waals surface area (Å²) in [5.74, 6) is 1.36. The number of aliphatic imine (C=N–C) groups is 1. The highest BCUT2D eigenvalue weighted by Crippen LogP contribution is 2.17. The number of likely N-dealkylation sites (tertiary alicyclic amines) is 1. The minimum absolute atomic E-state index is 0.183. The van der Waals surface area contributed by atoms with Gasteiger partial charge in [-0.15, -0.1) is 0 Å². The van der Waals surface area contributed by atoms with Gasteiger partial charge in [-0.25, -0.2) is 0 Å². The lowest BCUT2D eigenvalue weighted by molar-refractivity contribution is -0.136. The molecule has 2 saturated heterocycles. The average Bonchev–Trinajstić information content (AvgIpc) is 2.74. The van der Waals surface area contributed by atoms with E-state index in [1.54, 1.807) is 7.05 Å². The first-order chi connectivity index (χ1) is 13.7. The molecule has 2 fully saturated rings. The van der Waals surface area contributed by atoms with E-state index in [4.69, 9.17) is 9.47 Å². The smallest absolute Gasteiger partial charge is 0.225 e. The zero-order chi connectivity index (χ0) is 20.2. The third-order valence-corrected chi connectivity index (χ3v) is 5.84. The second kappa shape index (κ2) is 13.0. The largest absolute Gasteiger partial charge is 0.381 e. The van der Waals surface area contributed by atoms with E-state index in [2.05, 4.69) is 29.5 Å². The maximum absolute atomic E-state index is 12.5. The van der Waals surface area contributed by atoms with Crippen molar-refractivity contribution in [3.8, 4) is 0 Å². The Morgan fingerprint density at radius 2 is 1.86 bits per heavy atom. The summed E-state index contributed by atoms with van der Waals surface area (Å²) in [5.41, 5.74) is 0. The summed E-state index contributed by atoms with van der Waals surface area (Å²) in [5, 5.41) is 6.88. The molecule has 0 bridgehead atoms. The molecule has 0 atom stereocenters. The van der Waals surface area contributed by atoms with E-state index in [-0.39, 0.29) is 5.92 Å². The maximum Gasteiger partial charge on any atom is 0.225 e. The number of ether oxygens (including phenoxy) is 2. The summed E-state index contributed by atoms with van der Waals surface area (Å²) in [6.07, 6.45) is 7.15. The fourth-order valence-corrected chi connectivity index (χ4v) is 3.90. The van der Waals surface area contributed by atoms with Gasteiger partial charge in [0.15, 0.2) is 5.96 Å². The number of carbonyl (C=O) groups excluding carboxylic acids is 1. The Morgan fingerprint density at radius 3 is 2.46 bits per heavy atom. The number of nitrogens with zero attached hydrogens (tertiary/aromatic N) is 2. The highest BCUT2D eigenvalue weighted by atomic mass is 16.5. The predicted molar refractivity (Wildman–Crippen MR) is 113 cm³/mol. The highest BCUT2D eigenvalue weighted by molar-refractivity contribution is 5.80. The number of guanidine groups is 1. The molecule has 7 nitrogen and oxygen atoms in total. The molecule has 0 aliphatic carbocycles. The van der Waals surface area contributed by atoms with Crippen molar-refractivity contribution in [2.75, 3.05) is 46.5 Å². The standard InChI is InChI=1S/C21H40N4O3/c1-4-17(5-2)20(26)25-12-7-18(8-13-25)24-21(22-3)23-11-6-14-28-19-9-15-27-16-10-19/h17-19H,4-16H2,1-3H3,(H2,22,23,24). The van der Waals surface area contributed by atoms with E-state index in [9.17, 15) is 4.79 Å². The SMILES string of the molecule is CCC(CC)C(=O)N1CCC(NC(=NC)NCCCOC2CCOCC2)CC1. The molecule has 0 radical (unpaired) electrons. The number of hydrogen-bond acceptors (Lipinski definition) is 4. The molecule has 1 amide bonds. The molecule has 0 saturated carbocycles. The van der Waals surface area contributed by atoms with E-state index in [0.29, 0.717) is 18.1 Å². The van der Waals surface area contributed by atoms with Crippen LogP contribution in [0.4, 0.5) is 0 Å². The van der Waals surface area contributed by atoms with E-state index < -0.39 is 0 Å². The lowest BCUT2D eigenvalue weighted by atomic mass is 9.98. The number of hydrogen-bond donors (Lipinski definition) is 2. The molecule has 0 aromatic carbocycles.